The molecule has 2 aliphatic rings. The van der Waals surface area contributed by atoms with Gasteiger partial charge in [0, 0.05) is 26.1 Å². The highest BCUT2D eigenvalue weighted by atomic mass is 31.2. The third-order valence-corrected chi connectivity index (χ3v) is 8.52. The van der Waals surface area contributed by atoms with Gasteiger partial charge < -0.3 is 24.4 Å². The molecule has 0 saturated carbocycles. The van der Waals surface area contributed by atoms with E-state index in [1.54, 1.807) is 35.2 Å². The zero-order valence-electron chi connectivity index (χ0n) is 26.2. The summed E-state index contributed by atoms with van der Waals surface area (Å²) < 4.78 is 21.4. The molecule has 0 aromatic heterocycles. The Kier molecular flexibility index (Phi) is 10.3. The molecule has 2 fully saturated rings. The predicted molar refractivity (Wildman–Crippen MR) is 173 cm³/mol. The second-order valence-electron chi connectivity index (χ2n) is 11.4. The minimum absolute atomic E-state index is 0.0400. The van der Waals surface area contributed by atoms with E-state index >= 15 is 0 Å². The van der Waals surface area contributed by atoms with E-state index in [1.165, 1.54) is 22.0 Å². The van der Waals surface area contributed by atoms with E-state index in [-0.39, 0.29) is 56.7 Å². The molecule has 2 aliphatic heterocycles. The lowest BCUT2D eigenvalue weighted by molar-refractivity contribution is -0.189. The van der Waals surface area contributed by atoms with Gasteiger partial charge in [-0.1, -0.05) is 60.7 Å². The van der Waals surface area contributed by atoms with E-state index in [2.05, 4.69) is 16.4 Å². The summed E-state index contributed by atoms with van der Waals surface area (Å²) >= 11 is 0. The average Bonchev–Trinajstić information content (AvgIpc) is 3.03. The van der Waals surface area contributed by atoms with Crippen LogP contribution in [0.4, 0.5) is 4.79 Å². The number of hydrazine groups is 1. The molecule has 13 nitrogen and oxygen atoms in total. The van der Waals surface area contributed by atoms with Crippen LogP contribution in [0.25, 0.3) is 0 Å². The highest BCUT2D eigenvalue weighted by molar-refractivity contribution is 7.46. The summed E-state index contributed by atoms with van der Waals surface area (Å²) in [6.07, 6.45) is 0.882. The maximum Gasteiger partial charge on any atom is 0.524 e. The molecule has 3 aromatic rings. The number of hydrogen-bond donors (Lipinski definition) is 3. The molecule has 2 heterocycles. The Morgan fingerprint density at radius 1 is 1.04 bits per heavy atom. The van der Waals surface area contributed by atoms with Crippen LogP contribution in [0.5, 0.6) is 11.5 Å². The van der Waals surface area contributed by atoms with Gasteiger partial charge in [0.15, 0.2) is 0 Å². The van der Waals surface area contributed by atoms with E-state index < -0.39 is 26.1 Å². The van der Waals surface area contributed by atoms with Crippen LogP contribution in [0.3, 0.4) is 0 Å². The van der Waals surface area contributed by atoms with Gasteiger partial charge in [-0.3, -0.25) is 19.4 Å². The van der Waals surface area contributed by atoms with Gasteiger partial charge in [-0.25, -0.2) is 19.4 Å². The number of ether oxygens (including phenoxy) is 1. The van der Waals surface area contributed by atoms with Crippen molar-refractivity contribution in [2.45, 2.75) is 38.6 Å². The van der Waals surface area contributed by atoms with Crippen LogP contribution in [0.2, 0.25) is 0 Å². The number of benzene rings is 3. The third-order valence-electron chi connectivity index (χ3n) is 8.07. The van der Waals surface area contributed by atoms with E-state index in [1.807, 2.05) is 55.5 Å². The fourth-order valence-electron chi connectivity index (χ4n) is 6.00. The second kappa shape index (κ2) is 14.4. The molecule has 0 spiro atoms. The fraction of sp³-hybridized carbons (Fsp3) is 0.303. The van der Waals surface area contributed by atoms with Crippen molar-refractivity contribution in [3.05, 3.63) is 108 Å². The number of nitrogens with one attached hydrogen (secondary N) is 1. The van der Waals surface area contributed by atoms with Crippen LogP contribution in [0.15, 0.2) is 85.5 Å². The van der Waals surface area contributed by atoms with E-state index in [0.717, 1.165) is 16.7 Å². The van der Waals surface area contributed by atoms with Crippen molar-refractivity contribution in [2.75, 3.05) is 26.7 Å². The number of rotatable bonds is 11. The van der Waals surface area contributed by atoms with Crippen LogP contribution < -0.4 is 14.6 Å². The number of methoxy groups -OCH3 is 1. The van der Waals surface area contributed by atoms with Crippen molar-refractivity contribution in [1.82, 2.24) is 25.1 Å². The lowest BCUT2D eigenvalue weighted by atomic mass is 9.98. The average molecular weight is 664 g/mol. The molecule has 3 aromatic carbocycles. The molecule has 0 aliphatic carbocycles. The van der Waals surface area contributed by atoms with Crippen molar-refractivity contribution in [1.29, 1.82) is 0 Å². The number of fused-ring (bicyclic) bond motifs is 1. The molecule has 3 N–H and O–H groups in total. The van der Waals surface area contributed by atoms with Gasteiger partial charge in [0.2, 0.25) is 11.8 Å². The minimum Gasteiger partial charge on any atom is -0.496 e. The Balaban J connectivity index is 1.49. The number of aryl methyl sites for hydroxylation is 1. The van der Waals surface area contributed by atoms with Gasteiger partial charge in [-0.2, -0.15) is 0 Å². The number of nitrogens with zero attached hydrogens (tertiary/aromatic N) is 4. The molecular formula is C33H38N5O8P. The van der Waals surface area contributed by atoms with Crippen molar-refractivity contribution in [3.8, 4) is 11.5 Å². The standard InChI is InChI=1S/C33H38N5O8P/c1-4-16-36-22-31(39)37-28(18-24-10-13-27(14-11-24)46-47(42,43)44)32(40)35(20-26-12-15-29(45-3)23(2)17-26)21-30(37)38(36)33(41)34-19-25-8-6-5-7-9-25/h4-15,17,28,30H,1,16,18-22H2,2-3H3,(H,34,41)(H2,42,43,44)/t28-,30-/m0/s1. The molecule has 2 saturated heterocycles. The van der Waals surface area contributed by atoms with Crippen molar-refractivity contribution >= 4 is 25.7 Å². The van der Waals surface area contributed by atoms with E-state index in [4.69, 9.17) is 14.5 Å². The molecule has 248 valence electrons. The lowest BCUT2D eigenvalue weighted by Crippen LogP contribution is -2.76. The summed E-state index contributed by atoms with van der Waals surface area (Å²) in [7, 11) is -3.17. The van der Waals surface area contributed by atoms with Gasteiger partial charge in [-0.15, -0.1) is 6.58 Å². The molecule has 0 bridgehead atoms. The highest BCUT2D eigenvalue weighted by Gasteiger charge is 2.51. The number of carbonyl (C=O) groups is 3. The maximum absolute atomic E-state index is 14.2. The van der Waals surface area contributed by atoms with E-state index in [9.17, 15) is 18.9 Å². The Bertz CT molecular complexity index is 1670. The molecule has 4 amide bonds. The lowest BCUT2D eigenvalue weighted by Gasteiger charge is -2.55. The molecule has 2 atom stereocenters. The number of phosphoric acid groups is 1. The molecular weight excluding hydrogens is 625 g/mol. The number of piperazine rings is 1. The van der Waals surface area contributed by atoms with Gasteiger partial charge in [0.05, 0.1) is 20.2 Å². The van der Waals surface area contributed by atoms with Gasteiger partial charge in [-0.05, 0) is 47.4 Å². The molecule has 47 heavy (non-hydrogen) atoms. The van der Waals surface area contributed by atoms with Gasteiger partial charge in [0.1, 0.15) is 23.7 Å². The summed E-state index contributed by atoms with van der Waals surface area (Å²) in [6.45, 7) is 6.37. The minimum atomic E-state index is -4.76. The summed E-state index contributed by atoms with van der Waals surface area (Å²) in [5.74, 6) is 0.0686. The van der Waals surface area contributed by atoms with Crippen LogP contribution in [0, 0.1) is 6.92 Å². The number of phosphoric ester groups is 1. The number of carbonyl (C=O) groups excluding carboxylic acids is 3. The quantitative estimate of drug-likeness (QED) is 0.208. The molecule has 14 heteroatoms. The highest BCUT2D eigenvalue weighted by Crippen LogP contribution is 2.37. The van der Waals surface area contributed by atoms with Crippen LogP contribution in [-0.4, -0.2) is 86.4 Å². The topological polar surface area (TPSA) is 152 Å². The Morgan fingerprint density at radius 3 is 2.38 bits per heavy atom. The predicted octanol–water partition coefficient (Wildman–Crippen LogP) is 3.21. The maximum atomic E-state index is 14.2. The van der Waals surface area contributed by atoms with Crippen molar-refractivity contribution in [2.24, 2.45) is 0 Å². The summed E-state index contributed by atoms with van der Waals surface area (Å²) in [4.78, 5) is 63.4. The normalized spacial score (nSPS) is 18.5. The Labute approximate surface area is 273 Å². The number of amides is 4. The zero-order valence-corrected chi connectivity index (χ0v) is 27.1. The Morgan fingerprint density at radius 2 is 1.74 bits per heavy atom. The first-order chi connectivity index (χ1) is 22.5. The summed E-state index contributed by atoms with van der Waals surface area (Å²) in [5, 5.41) is 6.11. The number of hydrogen-bond acceptors (Lipinski definition) is 7. The van der Waals surface area contributed by atoms with E-state index in [0.29, 0.717) is 11.3 Å². The second-order valence-corrected chi connectivity index (χ2v) is 12.5. The van der Waals surface area contributed by atoms with Crippen molar-refractivity contribution < 1.29 is 38.0 Å². The van der Waals surface area contributed by atoms with Gasteiger partial charge >= 0.3 is 13.9 Å². The number of urea groups is 1. The third kappa shape index (κ3) is 8.01. The first kappa shape index (κ1) is 33.7. The van der Waals surface area contributed by atoms with Crippen LogP contribution in [0.1, 0.15) is 22.3 Å². The first-order valence-corrected chi connectivity index (χ1v) is 16.5. The summed E-state index contributed by atoms with van der Waals surface area (Å²) in [5.41, 5.74) is 3.29. The Hall–Kier alpha value is -4.68. The van der Waals surface area contributed by atoms with Crippen molar-refractivity contribution in [3.63, 3.8) is 0 Å². The SMILES string of the molecule is C=CCN1CC(=O)N2[C@@H](Cc3ccc(OP(=O)(O)O)cc3)C(=O)N(Cc3ccc(OC)c(C)c3)C[C@@H]2N1C(=O)NCc1ccccc1. The first-order valence-electron chi connectivity index (χ1n) is 15.0. The molecule has 0 radical (unpaired) electrons. The largest absolute Gasteiger partial charge is 0.524 e. The molecule has 5 rings (SSSR count). The fourth-order valence-corrected chi connectivity index (χ4v) is 6.40. The smallest absolute Gasteiger partial charge is 0.496 e. The van der Waals surface area contributed by atoms with Gasteiger partial charge in [0.25, 0.3) is 0 Å². The van der Waals surface area contributed by atoms with Crippen LogP contribution >= 0.6 is 7.82 Å². The monoisotopic (exact) mass is 663 g/mol. The summed E-state index contributed by atoms with van der Waals surface area (Å²) in [6, 6.07) is 19.7. The zero-order chi connectivity index (χ0) is 33.7. The van der Waals surface area contributed by atoms with Crippen LogP contribution in [-0.2, 0) is 33.7 Å². The molecule has 0 unspecified atom stereocenters.